The molecule has 1 saturated heterocycles. The third kappa shape index (κ3) is 6.36. The van der Waals surface area contributed by atoms with Crippen LogP contribution in [0.5, 0.6) is 5.75 Å². The van der Waals surface area contributed by atoms with Crippen LogP contribution in [0.25, 0.3) is 0 Å². The summed E-state index contributed by atoms with van der Waals surface area (Å²) in [5.41, 5.74) is 0.633. The maximum Gasteiger partial charge on any atom is 0.251 e. The van der Waals surface area contributed by atoms with Gasteiger partial charge in [0.25, 0.3) is 5.91 Å². The van der Waals surface area contributed by atoms with Crippen LogP contribution in [0.15, 0.2) is 24.3 Å². The van der Waals surface area contributed by atoms with E-state index in [0.29, 0.717) is 30.4 Å². The number of carbonyl (C=O) groups excluding carboxylic acids is 2. The second-order valence-corrected chi connectivity index (χ2v) is 7.91. The third-order valence-electron chi connectivity index (χ3n) is 4.48. The van der Waals surface area contributed by atoms with Crippen molar-refractivity contribution in [2.75, 3.05) is 19.7 Å². The molecule has 0 spiro atoms. The van der Waals surface area contributed by atoms with Gasteiger partial charge in [-0.2, -0.15) is 0 Å². The molecule has 2 rings (SSSR count). The number of hydrogen-bond donors (Lipinski definition) is 1. The molecule has 0 saturated carbocycles. The Morgan fingerprint density at radius 1 is 1.19 bits per heavy atom. The average molecular weight is 360 g/mol. The summed E-state index contributed by atoms with van der Waals surface area (Å²) >= 11 is 0. The summed E-state index contributed by atoms with van der Waals surface area (Å²) in [7, 11) is 0. The Morgan fingerprint density at radius 2 is 1.88 bits per heavy atom. The van der Waals surface area contributed by atoms with E-state index in [2.05, 4.69) is 19.2 Å². The summed E-state index contributed by atoms with van der Waals surface area (Å²) in [6, 6.07) is 7.35. The molecule has 2 amide bonds. The number of piperidine rings is 1. The normalized spacial score (nSPS) is 17.5. The number of nitrogens with one attached hydrogen (secondary N) is 1. The van der Waals surface area contributed by atoms with Crippen LogP contribution < -0.4 is 10.1 Å². The predicted octanol–water partition coefficient (Wildman–Crippen LogP) is 3.49. The zero-order chi connectivity index (χ0) is 19.1. The molecule has 1 unspecified atom stereocenters. The highest BCUT2D eigenvalue weighted by Gasteiger charge is 2.24. The fraction of sp³-hybridized carbons (Fsp3) is 0.619. The van der Waals surface area contributed by atoms with Crippen molar-refractivity contribution in [2.45, 2.75) is 53.0 Å². The Labute approximate surface area is 157 Å². The van der Waals surface area contributed by atoms with E-state index in [9.17, 15) is 9.59 Å². The summed E-state index contributed by atoms with van der Waals surface area (Å²) in [6.07, 6.45) is 2.74. The van der Waals surface area contributed by atoms with Crippen molar-refractivity contribution < 1.29 is 14.3 Å². The maximum atomic E-state index is 12.3. The number of ether oxygens (including phenoxy) is 1. The first-order valence-electron chi connectivity index (χ1n) is 9.66. The first kappa shape index (κ1) is 20.3. The molecule has 1 heterocycles. The summed E-state index contributed by atoms with van der Waals surface area (Å²) < 4.78 is 5.90. The van der Waals surface area contributed by atoms with Gasteiger partial charge in [-0.3, -0.25) is 9.59 Å². The molecule has 1 aromatic carbocycles. The minimum Gasteiger partial charge on any atom is -0.493 e. The molecule has 0 aromatic heterocycles. The summed E-state index contributed by atoms with van der Waals surface area (Å²) in [6.45, 7) is 10.3. The van der Waals surface area contributed by atoms with E-state index in [-0.39, 0.29) is 17.9 Å². The van der Waals surface area contributed by atoms with Crippen molar-refractivity contribution in [3.05, 3.63) is 29.8 Å². The van der Waals surface area contributed by atoms with E-state index in [1.807, 2.05) is 30.9 Å². The molecule has 0 bridgehead atoms. The SMILES string of the molecule is CC(C)CC(=O)N1CCCC(COc2ccc(C(=O)NC(C)C)cc2)C1. The number of rotatable bonds is 7. The molecule has 0 radical (unpaired) electrons. The van der Waals surface area contributed by atoms with Crippen LogP contribution in [0, 0.1) is 11.8 Å². The highest BCUT2D eigenvalue weighted by atomic mass is 16.5. The maximum absolute atomic E-state index is 12.3. The number of carbonyl (C=O) groups is 2. The van der Waals surface area contributed by atoms with Gasteiger partial charge in [0.2, 0.25) is 5.91 Å². The molecule has 5 nitrogen and oxygen atoms in total. The molecule has 1 N–H and O–H groups in total. The lowest BCUT2D eigenvalue weighted by Gasteiger charge is -2.33. The minimum atomic E-state index is -0.0712. The van der Waals surface area contributed by atoms with Crippen LogP contribution in [-0.4, -0.2) is 42.5 Å². The summed E-state index contributed by atoms with van der Waals surface area (Å²) in [5.74, 6) is 1.70. The van der Waals surface area contributed by atoms with E-state index >= 15 is 0 Å². The van der Waals surface area contributed by atoms with E-state index in [0.717, 1.165) is 31.7 Å². The van der Waals surface area contributed by atoms with Crippen LogP contribution in [0.2, 0.25) is 0 Å². The molecule has 1 fully saturated rings. The Morgan fingerprint density at radius 3 is 2.50 bits per heavy atom. The third-order valence-corrected chi connectivity index (χ3v) is 4.48. The fourth-order valence-corrected chi connectivity index (χ4v) is 3.17. The number of nitrogens with zero attached hydrogens (tertiary/aromatic N) is 1. The molecular formula is C21H32N2O3. The molecule has 1 aliphatic rings. The monoisotopic (exact) mass is 360 g/mol. The number of hydrogen-bond acceptors (Lipinski definition) is 3. The lowest BCUT2D eigenvalue weighted by Crippen LogP contribution is -2.41. The van der Waals surface area contributed by atoms with Gasteiger partial charge in [0, 0.05) is 37.0 Å². The molecular weight excluding hydrogens is 328 g/mol. The molecule has 26 heavy (non-hydrogen) atoms. The molecule has 1 aromatic rings. The van der Waals surface area contributed by atoms with Gasteiger partial charge < -0.3 is 15.0 Å². The first-order chi connectivity index (χ1) is 12.3. The largest absolute Gasteiger partial charge is 0.493 e. The topological polar surface area (TPSA) is 58.6 Å². The van der Waals surface area contributed by atoms with Crippen molar-refractivity contribution in [2.24, 2.45) is 11.8 Å². The first-order valence-corrected chi connectivity index (χ1v) is 9.66. The van der Waals surface area contributed by atoms with Gasteiger partial charge in [-0.1, -0.05) is 13.8 Å². The van der Waals surface area contributed by atoms with E-state index < -0.39 is 0 Å². The van der Waals surface area contributed by atoms with E-state index in [1.54, 1.807) is 12.1 Å². The van der Waals surface area contributed by atoms with Gasteiger partial charge in [-0.25, -0.2) is 0 Å². The lowest BCUT2D eigenvalue weighted by atomic mass is 9.98. The lowest BCUT2D eigenvalue weighted by molar-refractivity contribution is -0.134. The van der Waals surface area contributed by atoms with Gasteiger partial charge in [0.15, 0.2) is 0 Å². The van der Waals surface area contributed by atoms with E-state index in [4.69, 9.17) is 4.74 Å². The molecule has 0 aliphatic carbocycles. The zero-order valence-electron chi connectivity index (χ0n) is 16.5. The Bertz CT molecular complexity index is 596. The molecule has 1 aliphatic heterocycles. The van der Waals surface area contributed by atoms with Crippen LogP contribution in [0.3, 0.4) is 0 Å². The van der Waals surface area contributed by atoms with Crippen molar-refractivity contribution in [3.63, 3.8) is 0 Å². The summed E-state index contributed by atoms with van der Waals surface area (Å²) in [5, 5.41) is 2.87. The molecule has 1 atom stereocenters. The van der Waals surface area contributed by atoms with Crippen LogP contribution in [-0.2, 0) is 4.79 Å². The van der Waals surface area contributed by atoms with Gasteiger partial charge in [0.05, 0.1) is 6.61 Å². The molecule has 144 valence electrons. The minimum absolute atomic E-state index is 0.0712. The average Bonchev–Trinajstić information content (AvgIpc) is 2.59. The second kappa shape index (κ2) is 9.60. The predicted molar refractivity (Wildman–Crippen MR) is 103 cm³/mol. The van der Waals surface area contributed by atoms with Crippen molar-refractivity contribution in [3.8, 4) is 5.75 Å². The van der Waals surface area contributed by atoms with E-state index in [1.165, 1.54) is 0 Å². The van der Waals surface area contributed by atoms with Crippen molar-refractivity contribution in [1.29, 1.82) is 0 Å². The Kier molecular flexibility index (Phi) is 7.49. The highest BCUT2D eigenvalue weighted by Crippen LogP contribution is 2.20. The second-order valence-electron chi connectivity index (χ2n) is 7.91. The number of likely N-dealkylation sites (tertiary alicyclic amines) is 1. The Hall–Kier alpha value is -2.04. The van der Waals surface area contributed by atoms with Crippen LogP contribution in [0.4, 0.5) is 0 Å². The van der Waals surface area contributed by atoms with Crippen molar-refractivity contribution in [1.82, 2.24) is 10.2 Å². The highest BCUT2D eigenvalue weighted by molar-refractivity contribution is 5.94. The van der Waals surface area contributed by atoms with Gasteiger partial charge in [-0.05, 0) is 56.9 Å². The quantitative estimate of drug-likeness (QED) is 0.810. The van der Waals surface area contributed by atoms with Crippen LogP contribution in [0.1, 0.15) is 57.3 Å². The smallest absolute Gasteiger partial charge is 0.251 e. The summed E-state index contributed by atoms with van der Waals surface area (Å²) in [4.78, 5) is 26.2. The number of amides is 2. The number of benzene rings is 1. The van der Waals surface area contributed by atoms with Crippen LogP contribution >= 0.6 is 0 Å². The van der Waals surface area contributed by atoms with Gasteiger partial charge in [0.1, 0.15) is 5.75 Å². The van der Waals surface area contributed by atoms with Gasteiger partial charge >= 0.3 is 0 Å². The fourth-order valence-electron chi connectivity index (χ4n) is 3.17. The zero-order valence-corrected chi connectivity index (χ0v) is 16.5. The van der Waals surface area contributed by atoms with Gasteiger partial charge in [-0.15, -0.1) is 0 Å². The molecule has 5 heteroatoms. The van der Waals surface area contributed by atoms with Crippen molar-refractivity contribution >= 4 is 11.8 Å². The Balaban J connectivity index is 1.82. The standard InChI is InChI=1S/C21H32N2O3/c1-15(2)12-20(24)23-11-5-6-17(13-23)14-26-19-9-7-18(8-10-19)21(25)22-16(3)4/h7-10,15-17H,5-6,11-14H2,1-4H3,(H,22,25).